The topological polar surface area (TPSA) is 182 Å². The molecule has 0 bridgehead atoms. The molecule has 0 aliphatic rings. The van der Waals surface area contributed by atoms with E-state index < -0.39 is 24.2 Å². The van der Waals surface area contributed by atoms with Crippen LogP contribution in [0.3, 0.4) is 0 Å². The van der Waals surface area contributed by atoms with Crippen molar-refractivity contribution >= 4 is 24.2 Å². The molecular formula is C8H15N3O7. The summed E-state index contributed by atoms with van der Waals surface area (Å²) in [5.74, 6) is -0.981. The van der Waals surface area contributed by atoms with Crippen LogP contribution in [0.2, 0.25) is 0 Å². The minimum atomic E-state index is -1.44. The highest BCUT2D eigenvalue weighted by Gasteiger charge is 1.94. The predicted octanol–water partition coefficient (Wildman–Crippen LogP) is -0.309. The Labute approximate surface area is 102 Å². The van der Waals surface area contributed by atoms with Gasteiger partial charge in [-0.1, -0.05) is 6.58 Å². The molecule has 0 saturated heterocycles. The molecule has 0 aliphatic heterocycles. The summed E-state index contributed by atoms with van der Waals surface area (Å²) in [6, 6.07) is -1.06. The summed E-state index contributed by atoms with van der Waals surface area (Å²) in [6.45, 7) is 5.02. The SMILES string of the molecule is C=CC(=O)O.CCOC(N)=O.NC(=O)NC(=O)O. The average Bonchev–Trinajstić information content (AvgIpc) is 2.16. The predicted molar refractivity (Wildman–Crippen MR) is 59.8 cm³/mol. The van der Waals surface area contributed by atoms with Crippen LogP contribution in [0.4, 0.5) is 14.4 Å². The molecule has 0 heterocycles. The summed E-state index contributed by atoms with van der Waals surface area (Å²) in [4.78, 5) is 37.8. The molecule has 0 fully saturated rings. The van der Waals surface area contributed by atoms with Crippen LogP contribution in [-0.2, 0) is 9.53 Å². The molecule has 0 radical (unpaired) electrons. The molecule has 0 aromatic rings. The van der Waals surface area contributed by atoms with Crippen LogP contribution in [0.15, 0.2) is 12.7 Å². The molecule has 0 aliphatic carbocycles. The van der Waals surface area contributed by atoms with E-state index >= 15 is 0 Å². The summed E-state index contributed by atoms with van der Waals surface area (Å²) in [5.41, 5.74) is 8.90. The second-order valence-electron chi connectivity index (χ2n) is 2.09. The van der Waals surface area contributed by atoms with Crippen molar-refractivity contribution in [2.75, 3.05) is 6.61 Å². The molecular weight excluding hydrogens is 250 g/mol. The maximum atomic E-state index is 9.60. The standard InChI is InChI=1S/C3H7NO2.C3H4O2.C2H4N2O3/c1-2-6-3(4)5;1-2-3(4)5;3-1(5)4-2(6)7/h2H2,1H3,(H2,4,5);2H,1H2,(H,4,5);(H,6,7)(H3,3,4,5). The van der Waals surface area contributed by atoms with Crippen LogP contribution < -0.4 is 16.8 Å². The molecule has 0 spiro atoms. The zero-order valence-corrected chi connectivity index (χ0v) is 9.58. The van der Waals surface area contributed by atoms with Crippen molar-refractivity contribution in [1.29, 1.82) is 0 Å². The number of carboxylic acid groups (broad SMARTS) is 2. The number of nitrogens with one attached hydrogen (secondary N) is 1. The van der Waals surface area contributed by atoms with Gasteiger partial charge in [-0.05, 0) is 6.92 Å². The van der Waals surface area contributed by atoms with Crippen molar-refractivity contribution in [2.45, 2.75) is 6.92 Å². The Hall–Kier alpha value is -2.78. The van der Waals surface area contributed by atoms with E-state index in [4.69, 9.17) is 10.2 Å². The van der Waals surface area contributed by atoms with Crippen LogP contribution in [0, 0.1) is 0 Å². The van der Waals surface area contributed by atoms with Gasteiger partial charge in [-0.2, -0.15) is 0 Å². The number of rotatable bonds is 2. The second-order valence-corrected chi connectivity index (χ2v) is 2.09. The van der Waals surface area contributed by atoms with Gasteiger partial charge in [0.1, 0.15) is 0 Å². The van der Waals surface area contributed by atoms with Gasteiger partial charge in [-0.25, -0.2) is 24.5 Å². The third-order valence-electron chi connectivity index (χ3n) is 0.691. The van der Waals surface area contributed by atoms with Crippen molar-refractivity contribution in [1.82, 2.24) is 5.32 Å². The number of carbonyl (C=O) groups excluding carboxylic acids is 2. The minimum Gasteiger partial charge on any atom is -0.478 e. The molecule has 0 saturated carbocycles. The molecule has 18 heavy (non-hydrogen) atoms. The van der Waals surface area contributed by atoms with Gasteiger partial charge in [0, 0.05) is 6.08 Å². The number of primary amides is 2. The van der Waals surface area contributed by atoms with Gasteiger partial charge in [-0.3, -0.25) is 0 Å². The van der Waals surface area contributed by atoms with Crippen LogP contribution in [-0.4, -0.2) is 41.0 Å². The van der Waals surface area contributed by atoms with Gasteiger partial charge >= 0.3 is 24.2 Å². The Morgan fingerprint density at radius 1 is 1.28 bits per heavy atom. The van der Waals surface area contributed by atoms with E-state index in [2.05, 4.69) is 22.8 Å². The van der Waals surface area contributed by atoms with Crippen LogP contribution >= 0.6 is 0 Å². The Morgan fingerprint density at radius 2 is 1.67 bits per heavy atom. The number of carboxylic acids is 1. The highest BCUT2D eigenvalue weighted by Crippen LogP contribution is 1.66. The first-order valence-corrected chi connectivity index (χ1v) is 4.24. The first kappa shape index (κ1) is 20.6. The van der Waals surface area contributed by atoms with E-state index in [-0.39, 0.29) is 0 Å². The molecule has 10 nitrogen and oxygen atoms in total. The van der Waals surface area contributed by atoms with Crippen molar-refractivity contribution in [3.8, 4) is 0 Å². The van der Waals surface area contributed by atoms with E-state index in [1.165, 1.54) is 5.32 Å². The Balaban J connectivity index is -0.000000190. The minimum absolute atomic E-state index is 0.356. The lowest BCUT2D eigenvalue weighted by atomic mass is 10.7. The fourth-order valence-corrected chi connectivity index (χ4v) is 0.248. The maximum Gasteiger partial charge on any atom is 0.412 e. The first-order chi connectivity index (χ1) is 8.17. The Bertz CT molecular complexity index is 291. The zero-order valence-electron chi connectivity index (χ0n) is 9.58. The molecule has 4 amide bonds. The highest BCUT2D eigenvalue weighted by molar-refractivity contribution is 5.88. The third-order valence-corrected chi connectivity index (χ3v) is 0.691. The molecule has 104 valence electrons. The van der Waals surface area contributed by atoms with Crippen molar-refractivity contribution in [3.05, 3.63) is 12.7 Å². The van der Waals surface area contributed by atoms with E-state index in [9.17, 15) is 19.2 Å². The quantitative estimate of drug-likeness (QED) is 0.424. The molecule has 7 N–H and O–H groups in total. The van der Waals surface area contributed by atoms with Crippen molar-refractivity contribution in [3.63, 3.8) is 0 Å². The molecule has 0 atom stereocenters. The number of ether oxygens (including phenoxy) is 1. The Kier molecular flexibility index (Phi) is 16.3. The van der Waals surface area contributed by atoms with Gasteiger partial charge < -0.3 is 26.4 Å². The van der Waals surface area contributed by atoms with Crippen molar-refractivity contribution < 1.29 is 34.1 Å². The Morgan fingerprint density at radius 3 is 1.67 bits per heavy atom. The summed E-state index contributed by atoms with van der Waals surface area (Å²) >= 11 is 0. The monoisotopic (exact) mass is 265 g/mol. The maximum absolute atomic E-state index is 9.60. The molecule has 0 aromatic carbocycles. The number of nitrogens with two attached hydrogens (primary N) is 2. The van der Waals surface area contributed by atoms with Crippen LogP contribution in [0.25, 0.3) is 0 Å². The van der Waals surface area contributed by atoms with E-state index in [0.29, 0.717) is 6.61 Å². The van der Waals surface area contributed by atoms with Crippen molar-refractivity contribution in [2.24, 2.45) is 11.5 Å². The number of hydrogen-bond donors (Lipinski definition) is 5. The zero-order chi connectivity index (χ0) is 15.1. The van der Waals surface area contributed by atoms with E-state index in [1.54, 1.807) is 6.92 Å². The summed E-state index contributed by atoms with van der Waals surface area (Å²) in [5, 5.41) is 16.6. The smallest absolute Gasteiger partial charge is 0.412 e. The van der Waals surface area contributed by atoms with Gasteiger partial charge in [0.05, 0.1) is 6.61 Å². The number of hydrogen-bond acceptors (Lipinski definition) is 5. The lowest BCUT2D eigenvalue weighted by molar-refractivity contribution is -0.131. The fraction of sp³-hybridized carbons (Fsp3) is 0.250. The average molecular weight is 265 g/mol. The number of carbonyl (C=O) groups is 4. The number of imide groups is 1. The lowest BCUT2D eigenvalue weighted by Crippen LogP contribution is -2.33. The summed E-state index contributed by atoms with van der Waals surface area (Å²) < 4.78 is 4.18. The van der Waals surface area contributed by atoms with Gasteiger partial charge in [0.2, 0.25) is 0 Å². The van der Waals surface area contributed by atoms with E-state index in [1.807, 2.05) is 0 Å². The number of amides is 4. The van der Waals surface area contributed by atoms with Crippen LogP contribution in [0.5, 0.6) is 0 Å². The highest BCUT2D eigenvalue weighted by atomic mass is 16.5. The molecule has 0 rings (SSSR count). The fourth-order valence-electron chi connectivity index (χ4n) is 0.248. The number of aliphatic carboxylic acids is 1. The van der Waals surface area contributed by atoms with Gasteiger partial charge in [0.15, 0.2) is 0 Å². The molecule has 10 heteroatoms. The number of urea groups is 1. The van der Waals surface area contributed by atoms with Gasteiger partial charge in [0.25, 0.3) is 0 Å². The molecule has 0 aromatic heterocycles. The van der Waals surface area contributed by atoms with Crippen LogP contribution in [0.1, 0.15) is 6.92 Å². The normalized spacial score (nSPS) is 7.17. The van der Waals surface area contributed by atoms with Gasteiger partial charge in [-0.15, -0.1) is 0 Å². The largest absolute Gasteiger partial charge is 0.478 e. The summed E-state index contributed by atoms with van der Waals surface area (Å²) in [6.07, 6.45) is -1.31. The molecule has 0 unspecified atom stereocenters. The second kappa shape index (κ2) is 14.2. The lowest BCUT2D eigenvalue weighted by Gasteiger charge is -1.89. The first-order valence-electron chi connectivity index (χ1n) is 4.24. The summed E-state index contributed by atoms with van der Waals surface area (Å²) in [7, 11) is 0. The third kappa shape index (κ3) is 51.0. The van der Waals surface area contributed by atoms with E-state index in [0.717, 1.165) is 6.08 Å².